The largest absolute Gasteiger partial charge is 0.351 e. The molecular weight excluding hydrogens is 340 g/mol. The van der Waals surface area contributed by atoms with Crippen LogP contribution in [0.25, 0.3) is 0 Å². The molecule has 0 saturated carbocycles. The summed E-state index contributed by atoms with van der Waals surface area (Å²) in [6.07, 6.45) is 1.06. The summed E-state index contributed by atoms with van der Waals surface area (Å²) >= 11 is 0. The molecule has 3 aliphatic heterocycles. The third-order valence-corrected chi connectivity index (χ3v) is 6.20. The molecular formula is C22H22N2O3. The Labute approximate surface area is 158 Å². The topological polar surface area (TPSA) is 49.9 Å². The van der Waals surface area contributed by atoms with Crippen molar-refractivity contribution in [2.24, 2.45) is 0 Å². The summed E-state index contributed by atoms with van der Waals surface area (Å²) in [5.74, 6) is -0.210. The highest BCUT2D eigenvalue weighted by atomic mass is 16.5. The quantitative estimate of drug-likeness (QED) is 0.842. The van der Waals surface area contributed by atoms with Gasteiger partial charge in [0.15, 0.2) is 5.72 Å². The molecule has 3 saturated heterocycles. The number of carbonyl (C=O) groups excluding carboxylic acids is 2. The summed E-state index contributed by atoms with van der Waals surface area (Å²) in [4.78, 5) is 29.9. The molecule has 0 unspecified atom stereocenters. The first-order chi connectivity index (χ1) is 13.2. The lowest BCUT2D eigenvalue weighted by atomic mass is 9.89. The van der Waals surface area contributed by atoms with Crippen LogP contribution in [0.15, 0.2) is 60.7 Å². The van der Waals surface area contributed by atoms with Crippen molar-refractivity contribution >= 4 is 11.8 Å². The van der Waals surface area contributed by atoms with Crippen LogP contribution in [0.1, 0.15) is 29.9 Å². The molecule has 138 valence electrons. The van der Waals surface area contributed by atoms with Gasteiger partial charge in [-0.2, -0.15) is 0 Å². The molecule has 5 rings (SSSR count). The van der Waals surface area contributed by atoms with Gasteiger partial charge in [-0.1, -0.05) is 60.7 Å². The van der Waals surface area contributed by atoms with E-state index in [0.29, 0.717) is 32.5 Å². The van der Waals surface area contributed by atoms with Crippen LogP contribution in [0.3, 0.4) is 0 Å². The molecule has 1 spiro atoms. The van der Waals surface area contributed by atoms with Crippen molar-refractivity contribution < 1.29 is 14.3 Å². The fourth-order valence-corrected chi connectivity index (χ4v) is 4.99. The first kappa shape index (κ1) is 16.5. The number of nitrogens with zero attached hydrogens (tertiary/aromatic N) is 2. The van der Waals surface area contributed by atoms with Gasteiger partial charge in [-0.3, -0.25) is 9.59 Å². The Balaban J connectivity index is 1.52. The molecule has 27 heavy (non-hydrogen) atoms. The Morgan fingerprint density at radius 3 is 2.26 bits per heavy atom. The molecule has 0 bridgehead atoms. The van der Waals surface area contributed by atoms with Gasteiger partial charge in [0, 0.05) is 19.5 Å². The minimum Gasteiger partial charge on any atom is -0.351 e. The Morgan fingerprint density at radius 2 is 1.63 bits per heavy atom. The number of hydrogen-bond acceptors (Lipinski definition) is 3. The summed E-state index contributed by atoms with van der Waals surface area (Å²) in [7, 11) is 0. The maximum Gasteiger partial charge on any atom is 0.235 e. The predicted octanol–water partition coefficient (Wildman–Crippen LogP) is 2.38. The standard InChI is InChI=1S/C22H22N2O3/c25-19-15-18-22(24(19)13-14-27-22)11-12-23(18)21(26)20(16-7-3-1-4-8-16)17-9-5-2-6-10-17/h1-10,18,20H,11-15H2/t18-,22+/m1/s1. The van der Waals surface area contributed by atoms with Crippen LogP contribution in [0.4, 0.5) is 0 Å². The number of ether oxygens (including phenoxy) is 1. The van der Waals surface area contributed by atoms with E-state index < -0.39 is 5.72 Å². The van der Waals surface area contributed by atoms with Crippen LogP contribution in [0, 0.1) is 0 Å². The van der Waals surface area contributed by atoms with E-state index in [4.69, 9.17) is 4.74 Å². The van der Waals surface area contributed by atoms with E-state index in [1.807, 2.05) is 70.5 Å². The lowest BCUT2D eigenvalue weighted by molar-refractivity contribution is -0.140. The first-order valence-electron chi connectivity index (χ1n) is 9.55. The van der Waals surface area contributed by atoms with Crippen molar-refractivity contribution in [2.75, 3.05) is 19.7 Å². The van der Waals surface area contributed by atoms with E-state index in [2.05, 4.69) is 0 Å². The molecule has 5 heteroatoms. The number of amides is 2. The van der Waals surface area contributed by atoms with Crippen LogP contribution in [0.5, 0.6) is 0 Å². The zero-order valence-electron chi connectivity index (χ0n) is 15.1. The number of benzene rings is 2. The van der Waals surface area contributed by atoms with Crippen molar-refractivity contribution in [2.45, 2.75) is 30.5 Å². The molecule has 0 radical (unpaired) electrons. The Kier molecular flexibility index (Phi) is 3.79. The SMILES string of the molecule is O=C(C(c1ccccc1)c1ccccc1)N1CC[C@@]23OCCN2C(=O)C[C@@H]13. The molecule has 3 aliphatic rings. The molecule has 0 N–H and O–H groups in total. The van der Waals surface area contributed by atoms with E-state index in [1.165, 1.54) is 0 Å². The van der Waals surface area contributed by atoms with Crippen molar-refractivity contribution in [3.05, 3.63) is 71.8 Å². The van der Waals surface area contributed by atoms with E-state index in [1.54, 1.807) is 0 Å². The van der Waals surface area contributed by atoms with Crippen LogP contribution in [0.2, 0.25) is 0 Å². The average Bonchev–Trinajstić information content (AvgIpc) is 3.35. The van der Waals surface area contributed by atoms with Crippen LogP contribution < -0.4 is 0 Å². The number of rotatable bonds is 3. The molecule has 0 aromatic heterocycles. The maximum atomic E-state index is 13.7. The summed E-state index contributed by atoms with van der Waals surface area (Å²) in [6.45, 7) is 1.83. The van der Waals surface area contributed by atoms with Crippen LogP contribution >= 0.6 is 0 Å². The molecule has 5 nitrogen and oxygen atoms in total. The van der Waals surface area contributed by atoms with E-state index in [0.717, 1.165) is 11.1 Å². The normalized spacial score (nSPS) is 26.6. The fourth-order valence-electron chi connectivity index (χ4n) is 4.99. The molecule has 2 atom stereocenters. The number of hydrogen-bond donors (Lipinski definition) is 0. The van der Waals surface area contributed by atoms with Crippen molar-refractivity contribution in [1.29, 1.82) is 0 Å². The minimum atomic E-state index is -0.593. The number of likely N-dealkylation sites (tertiary alicyclic amines) is 1. The van der Waals surface area contributed by atoms with Crippen molar-refractivity contribution in [3.63, 3.8) is 0 Å². The van der Waals surface area contributed by atoms with Gasteiger partial charge in [0.1, 0.15) is 0 Å². The summed E-state index contributed by atoms with van der Waals surface area (Å²) in [5.41, 5.74) is 1.36. The monoisotopic (exact) mass is 362 g/mol. The van der Waals surface area contributed by atoms with Crippen LogP contribution in [-0.2, 0) is 14.3 Å². The lowest BCUT2D eigenvalue weighted by Gasteiger charge is -2.33. The Hall–Kier alpha value is -2.66. The molecule has 3 fully saturated rings. The minimum absolute atomic E-state index is 0.0550. The Morgan fingerprint density at radius 1 is 1.00 bits per heavy atom. The summed E-state index contributed by atoms with van der Waals surface area (Å²) < 4.78 is 6.04. The van der Waals surface area contributed by atoms with Gasteiger partial charge in [0.25, 0.3) is 0 Å². The second kappa shape index (κ2) is 6.20. The zero-order valence-corrected chi connectivity index (χ0v) is 15.1. The van der Waals surface area contributed by atoms with Gasteiger partial charge in [-0.15, -0.1) is 0 Å². The zero-order chi connectivity index (χ0) is 18.4. The van der Waals surface area contributed by atoms with Crippen molar-refractivity contribution in [3.8, 4) is 0 Å². The molecule has 2 aromatic carbocycles. The molecule has 2 aromatic rings. The average molecular weight is 362 g/mol. The third kappa shape index (κ3) is 2.42. The van der Waals surface area contributed by atoms with Gasteiger partial charge < -0.3 is 14.5 Å². The van der Waals surface area contributed by atoms with E-state index >= 15 is 0 Å². The van der Waals surface area contributed by atoms with Gasteiger partial charge in [-0.05, 0) is 11.1 Å². The summed E-state index contributed by atoms with van der Waals surface area (Å²) in [5, 5.41) is 0. The number of carbonyl (C=O) groups is 2. The first-order valence-corrected chi connectivity index (χ1v) is 9.55. The smallest absolute Gasteiger partial charge is 0.235 e. The van der Waals surface area contributed by atoms with E-state index in [9.17, 15) is 9.59 Å². The fraction of sp³-hybridized carbons (Fsp3) is 0.364. The van der Waals surface area contributed by atoms with Gasteiger partial charge in [-0.25, -0.2) is 0 Å². The third-order valence-electron chi connectivity index (χ3n) is 6.20. The highest BCUT2D eigenvalue weighted by molar-refractivity contribution is 5.90. The van der Waals surface area contributed by atoms with Gasteiger partial charge in [0.05, 0.1) is 25.0 Å². The summed E-state index contributed by atoms with van der Waals surface area (Å²) in [6, 6.07) is 19.6. The van der Waals surface area contributed by atoms with E-state index in [-0.39, 0.29) is 23.8 Å². The van der Waals surface area contributed by atoms with Crippen LogP contribution in [-0.4, -0.2) is 53.1 Å². The molecule has 0 aliphatic carbocycles. The van der Waals surface area contributed by atoms with Gasteiger partial charge in [0.2, 0.25) is 11.8 Å². The van der Waals surface area contributed by atoms with Gasteiger partial charge >= 0.3 is 0 Å². The second-order valence-electron chi connectivity index (χ2n) is 7.49. The second-order valence-corrected chi connectivity index (χ2v) is 7.49. The Bertz CT molecular complexity index is 830. The molecule has 2 amide bonds. The maximum absolute atomic E-state index is 13.7. The van der Waals surface area contributed by atoms with Crippen molar-refractivity contribution in [1.82, 2.24) is 9.80 Å². The lowest BCUT2D eigenvalue weighted by Crippen LogP contribution is -2.49. The molecule has 3 heterocycles. The highest BCUT2D eigenvalue weighted by Crippen LogP contribution is 2.46. The predicted molar refractivity (Wildman–Crippen MR) is 99.9 cm³/mol. The highest BCUT2D eigenvalue weighted by Gasteiger charge is 2.63.